The van der Waals surface area contributed by atoms with E-state index in [1.807, 2.05) is 11.0 Å². The van der Waals surface area contributed by atoms with Gasteiger partial charge in [0.25, 0.3) is 0 Å². The van der Waals surface area contributed by atoms with Gasteiger partial charge in [0, 0.05) is 20.2 Å². The van der Waals surface area contributed by atoms with Crippen molar-refractivity contribution in [3.8, 4) is 0 Å². The molecule has 1 heterocycles. The average molecular weight is 344 g/mol. The van der Waals surface area contributed by atoms with Crippen LogP contribution in [0.2, 0.25) is 0 Å². The van der Waals surface area contributed by atoms with Gasteiger partial charge in [-0.1, -0.05) is 29.8 Å². The summed E-state index contributed by atoms with van der Waals surface area (Å²) in [5, 5.41) is 3.06. The van der Waals surface area contributed by atoms with Crippen LogP contribution in [0.3, 0.4) is 0 Å². The maximum atomic E-state index is 12.6. The van der Waals surface area contributed by atoms with Crippen LogP contribution in [0.25, 0.3) is 0 Å². The fraction of sp³-hybridized carbons (Fsp3) is 0.600. The molecular formula is C20H28N2O3. The molecule has 0 spiro atoms. The number of rotatable bonds is 6. The van der Waals surface area contributed by atoms with Gasteiger partial charge in [0.1, 0.15) is 6.61 Å². The van der Waals surface area contributed by atoms with Gasteiger partial charge in [-0.3, -0.25) is 9.59 Å². The standard InChI is InChI=1S/C20H28N2O3/c1-14-4-3-5-16(10-14)18-9-8-17(12-22(18)19(23)13-25-2)20(24)21-11-15-6-7-15/h3-5,10,15,17-18H,6-9,11-13H2,1-2H3,(H,21,24)/t17-,18-/m1/s1. The number of aryl methyl sites for hydroxylation is 1. The number of likely N-dealkylation sites (tertiary alicyclic amines) is 1. The Morgan fingerprint density at radius 2 is 2.04 bits per heavy atom. The van der Waals surface area contributed by atoms with Gasteiger partial charge < -0.3 is 15.0 Å². The Morgan fingerprint density at radius 1 is 1.24 bits per heavy atom. The molecule has 5 heteroatoms. The number of hydrogen-bond acceptors (Lipinski definition) is 3. The van der Waals surface area contributed by atoms with E-state index in [1.165, 1.54) is 25.5 Å². The van der Waals surface area contributed by atoms with Crippen LogP contribution in [0.5, 0.6) is 0 Å². The summed E-state index contributed by atoms with van der Waals surface area (Å²) in [4.78, 5) is 26.9. The molecule has 2 fully saturated rings. The molecule has 2 aliphatic rings. The van der Waals surface area contributed by atoms with E-state index < -0.39 is 0 Å². The lowest BCUT2D eigenvalue weighted by Crippen LogP contribution is -2.48. The summed E-state index contributed by atoms with van der Waals surface area (Å²) in [6, 6.07) is 8.30. The maximum absolute atomic E-state index is 12.6. The summed E-state index contributed by atoms with van der Waals surface area (Å²) in [7, 11) is 1.53. The number of hydrogen-bond donors (Lipinski definition) is 1. The molecule has 0 aromatic heterocycles. The summed E-state index contributed by atoms with van der Waals surface area (Å²) >= 11 is 0. The Hall–Kier alpha value is -1.88. The predicted octanol–water partition coefficient (Wildman–Crippen LogP) is 2.45. The fourth-order valence-corrected chi connectivity index (χ4v) is 3.60. The van der Waals surface area contributed by atoms with Gasteiger partial charge in [-0.25, -0.2) is 0 Å². The molecule has 136 valence electrons. The molecule has 0 radical (unpaired) electrons. The lowest BCUT2D eigenvalue weighted by molar-refractivity contribution is -0.142. The predicted molar refractivity (Wildman–Crippen MR) is 96.0 cm³/mol. The zero-order valence-corrected chi connectivity index (χ0v) is 15.2. The molecule has 2 amide bonds. The van der Waals surface area contributed by atoms with Crippen molar-refractivity contribution in [1.29, 1.82) is 0 Å². The van der Waals surface area contributed by atoms with Crippen LogP contribution in [0.4, 0.5) is 0 Å². The molecule has 3 rings (SSSR count). The van der Waals surface area contributed by atoms with Gasteiger partial charge in [-0.05, 0) is 44.1 Å². The lowest BCUT2D eigenvalue weighted by Gasteiger charge is -2.39. The minimum absolute atomic E-state index is 0.0232. The number of ether oxygens (including phenoxy) is 1. The Bertz CT molecular complexity index is 627. The molecule has 1 aliphatic carbocycles. The smallest absolute Gasteiger partial charge is 0.249 e. The van der Waals surface area contributed by atoms with Gasteiger partial charge in [0.05, 0.1) is 12.0 Å². The van der Waals surface area contributed by atoms with Crippen molar-refractivity contribution in [2.45, 2.75) is 38.6 Å². The summed E-state index contributed by atoms with van der Waals surface area (Å²) in [5.74, 6) is 0.581. The van der Waals surface area contributed by atoms with E-state index in [1.54, 1.807) is 0 Å². The van der Waals surface area contributed by atoms with Gasteiger partial charge in [0.2, 0.25) is 11.8 Å². The average Bonchev–Trinajstić information content (AvgIpc) is 3.44. The third kappa shape index (κ3) is 4.60. The largest absolute Gasteiger partial charge is 0.375 e. The normalized spacial score (nSPS) is 23.4. The molecule has 1 saturated carbocycles. The number of carbonyl (C=O) groups is 2. The second kappa shape index (κ2) is 8.00. The molecule has 1 aromatic rings. The number of nitrogens with one attached hydrogen (secondary N) is 1. The van der Waals surface area contributed by atoms with Crippen LogP contribution in [0, 0.1) is 18.8 Å². The zero-order valence-electron chi connectivity index (χ0n) is 15.2. The minimum Gasteiger partial charge on any atom is -0.375 e. The first kappa shape index (κ1) is 17.9. The van der Waals surface area contributed by atoms with Crippen LogP contribution in [0.15, 0.2) is 24.3 Å². The minimum atomic E-state index is -0.124. The van der Waals surface area contributed by atoms with E-state index in [-0.39, 0.29) is 30.4 Å². The summed E-state index contributed by atoms with van der Waals surface area (Å²) in [5.41, 5.74) is 2.32. The SMILES string of the molecule is COCC(=O)N1C[C@H](C(=O)NCC2CC2)CC[C@@H]1c1cccc(C)c1. The summed E-state index contributed by atoms with van der Waals surface area (Å²) < 4.78 is 5.06. The first-order valence-corrected chi connectivity index (χ1v) is 9.21. The highest BCUT2D eigenvalue weighted by molar-refractivity contribution is 5.82. The molecule has 1 aromatic carbocycles. The fourth-order valence-electron chi connectivity index (χ4n) is 3.60. The molecular weight excluding hydrogens is 316 g/mol. The lowest BCUT2D eigenvalue weighted by atomic mass is 9.88. The van der Waals surface area contributed by atoms with Crippen molar-refractivity contribution < 1.29 is 14.3 Å². The van der Waals surface area contributed by atoms with E-state index >= 15 is 0 Å². The third-order valence-corrected chi connectivity index (χ3v) is 5.23. The number of methoxy groups -OCH3 is 1. The highest BCUT2D eigenvalue weighted by Crippen LogP contribution is 2.34. The van der Waals surface area contributed by atoms with Crippen LogP contribution in [-0.2, 0) is 14.3 Å². The van der Waals surface area contributed by atoms with Crippen molar-refractivity contribution >= 4 is 11.8 Å². The number of piperidine rings is 1. The number of amides is 2. The van der Waals surface area contributed by atoms with Crippen molar-refractivity contribution in [2.75, 3.05) is 26.8 Å². The van der Waals surface area contributed by atoms with E-state index in [4.69, 9.17) is 4.74 Å². The molecule has 0 bridgehead atoms. The number of carbonyl (C=O) groups excluding carboxylic acids is 2. The van der Waals surface area contributed by atoms with E-state index in [0.717, 1.165) is 24.9 Å². The molecule has 5 nitrogen and oxygen atoms in total. The Kier molecular flexibility index (Phi) is 5.74. The number of benzene rings is 1. The van der Waals surface area contributed by atoms with Gasteiger partial charge in [-0.15, -0.1) is 0 Å². The van der Waals surface area contributed by atoms with E-state index in [0.29, 0.717) is 12.5 Å². The van der Waals surface area contributed by atoms with Crippen LogP contribution in [0.1, 0.15) is 42.9 Å². The Morgan fingerprint density at radius 3 is 2.72 bits per heavy atom. The van der Waals surface area contributed by atoms with Crippen molar-refractivity contribution in [3.63, 3.8) is 0 Å². The van der Waals surface area contributed by atoms with Crippen LogP contribution >= 0.6 is 0 Å². The molecule has 0 unspecified atom stereocenters. The van der Waals surface area contributed by atoms with Gasteiger partial charge >= 0.3 is 0 Å². The number of nitrogens with zero attached hydrogens (tertiary/aromatic N) is 1. The van der Waals surface area contributed by atoms with Crippen molar-refractivity contribution in [3.05, 3.63) is 35.4 Å². The summed E-state index contributed by atoms with van der Waals surface area (Å²) in [6.07, 6.45) is 4.06. The zero-order chi connectivity index (χ0) is 17.8. The molecule has 1 N–H and O–H groups in total. The topological polar surface area (TPSA) is 58.6 Å². The molecule has 25 heavy (non-hydrogen) atoms. The van der Waals surface area contributed by atoms with Gasteiger partial charge in [0.15, 0.2) is 0 Å². The molecule has 1 aliphatic heterocycles. The first-order chi connectivity index (χ1) is 12.1. The maximum Gasteiger partial charge on any atom is 0.249 e. The third-order valence-electron chi connectivity index (χ3n) is 5.23. The van der Waals surface area contributed by atoms with E-state index in [2.05, 4.69) is 30.4 Å². The molecule has 1 saturated heterocycles. The monoisotopic (exact) mass is 344 g/mol. The quantitative estimate of drug-likeness (QED) is 0.862. The van der Waals surface area contributed by atoms with Crippen LogP contribution in [-0.4, -0.2) is 43.5 Å². The summed E-state index contributed by atoms with van der Waals surface area (Å²) in [6.45, 7) is 3.36. The first-order valence-electron chi connectivity index (χ1n) is 9.21. The highest BCUT2D eigenvalue weighted by atomic mass is 16.5. The second-order valence-corrected chi connectivity index (χ2v) is 7.37. The Labute approximate surface area is 149 Å². The highest BCUT2D eigenvalue weighted by Gasteiger charge is 2.35. The molecule has 2 atom stereocenters. The van der Waals surface area contributed by atoms with Crippen LogP contribution < -0.4 is 5.32 Å². The van der Waals surface area contributed by atoms with Crippen molar-refractivity contribution in [2.24, 2.45) is 11.8 Å². The van der Waals surface area contributed by atoms with E-state index in [9.17, 15) is 9.59 Å². The second-order valence-electron chi connectivity index (χ2n) is 7.37. The van der Waals surface area contributed by atoms with Crippen molar-refractivity contribution in [1.82, 2.24) is 10.2 Å². The Balaban J connectivity index is 1.71. The van der Waals surface area contributed by atoms with Gasteiger partial charge in [-0.2, -0.15) is 0 Å².